The minimum Gasteiger partial charge on any atom is -0.326 e. The van der Waals surface area contributed by atoms with Crippen LogP contribution in [0.2, 0.25) is 5.02 Å². The first-order chi connectivity index (χ1) is 13.3. The minimum absolute atomic E-state index is 0.170. The van der Waals surface area contributed by atoms with Gasteiger partial charge in [0.25, 0.3) is 5.91 Å². The molecule has 0 aliphatic heterocycles. The third-order valence-electron chi connectivity index (χ3n) is 4.33. The number of hydrogen-bond donors (Lipinski definition) is 2. The lowest BCUT2D eigenvalue weighted by Gasteiger charge is -2.09. The van der Waals surface area contributed by atoms with E-state index in [4.69, 9.17) is 11.6 Å². The van der Waals surface area contributed by atoms with E-state index in [1.165, 1.54) is 6.92 Å². The highest BCUT2D eigenvalue weighted by atomic mass is 35.5. The molecule has 0 bridgehead atoms. The van der Waals surface area contributed by atoms with E-state index >= 15 is 0 Å². The van der Waals surface area contributed by atoms with Crippen LogP contribution >= 0.6 is 11.6 Å². The predicted octanol–water partition coefficient (Wildman–Crippen LogP) is 4.41. The standard InChI is InChI=1S/C21H21ClN4O2/c1-13-20(14(2)26(25-13)12-16-7-4-5-10-19(16)22)21(28)24-18-9-6-8-17(11-18)23-15(3)27/h4-11H,12H2,1-3H3,(H,23,27)(H,24,28). The SMILES string of the molecule is CC(=O)Nc1cccc(NC(=O)c2c(C)nn(Cc3ccccc3Cl)c2C)c1. The van der Waals surface area contributed by atoms with E-state index in [2.05, 4.69) is 15.7 Å². The number of aromatic nitrogens is 2. The monoisotopic (exact) mass is 396 g/mol. The van der Waals surface area contributed by atoms with Gasteiger partial charge in [-0.25, -0.2) is 0 Å². The molecular formula is C21H21ClN4O2. The van der Waals surface area contributed by atoms with Gasteiger partial charge in [-0.3, -0.25) is 14.3 Å². The van der Waals surface area contributed by atoms with Gasteiger partial charge in [0.05, 0.1) is 17.8 Å². The summed E-state index contributed by atoms with van der Waals surface area (Å²) in [5, 5.41) is 10.7. The van der Waals surface area contributed by atoms with E-state index < -0.39 is 0 Å². The van der Waals surface area contributed by atoms with Crippen LogP contribution in [-0.4, -0.2) is 21.6 Å². The molecule has 2 N–H and O–H groups in total. The fourth-order valence-corrected chi connectivity index (χ4v) is 3.23. The van der Waals surface area contributed by atoms with Crippen LogP contribution in [0.5, 0.6) is 0 Å². The van der Waals surface area contributed by atoms with Crippen molar-refractivity contribution in [3.8, 4) is 0 Å². The maximum atomic E-state index is 12.8. The van der Waals surface area contributed by atoms with Gasteiger partial charge < -0.3 is 10.6 Å². The van der Waals surface area contributed by atoms with E-state index in [1.807, 2.05) is 31.2 Å². The Morgan fingerprint density at radius 3 is 2.39 bits per heavy atom. The molecule has 0 atom stereocenters. The highest BCUT2D eigenvalue weighted by Crippen LogP contribution is 2.21. The third-order valence-corrected chi connectivity index (χ3v) is 4.70. The lowest BCUT2D eigenvalue weighted by molar-refractivity contribution is -0.114. The summed E-state index contributed by atoms with van der Waals surface area (Å²) in [6.45, 7) is 5.58. The van der Waals surface area contributed by atoms with Crippen LogP contribution in [0.4, 0.5) is 11.4 Å². The Morgan fingerprint density at radius 1 is 1.04 bits per heavy atom. The quantitative estimate of drug-likeness (QED) is 0.670. The molecule has 7 heteroatoms. The molecule has 0 aliphatic carbocycles. The molecule has 0 saturated carbocycles. The van der Waals surface area contributed by atoms with E-state index in [0.29, 0.717) is 34.2 Å². The summed E-state index contributed by atoms with van der Waals surface area (Å²) < 4.78 is 1.78. The van der Waals surface area contributed by atoms with Gasteiger partial charge in [-0.05, 0) is 43.7 Å². The van der Waals surface area contributed by atoms with Crippen molar-refractivity contribution in [1.29, 1.82) is 0 Å². The number of carbonyl (C=O) groups is 2. The van der Waals surface area contributed by atoms with Crippen LogP contribution in [0.15, 0.2) is 48.5 Å². The summed E-state index contributed by atoms with van der Waals surface area (Å²) in [7, 11) is 0. The highest BCUT2D eigenvalue weighted by molar-refractivity contribution is 6.31. The van der Waals surface area contributed by atoms with E-state index in [0.717, 1.165) is 11.3 Å². The van der Waals surface area contributed by atoms with Crippen molar-refractivity contribution in [1.82, 2.24) is 9.78 Å². The molecule has 0 radical (unpaired) electrons. The Morgan fingerprint density at radius 2 is 1.71 bits per heavy atom. The Bertz CT molecular complexity index is 1040. The van der Waals surface area contributed by atoms with Crippen molar-refractivity contribution < 1.29 is 9.59 Å². The summed E-state index contributed by atoms with van der Waals surface area (Å²) in [6, 6.07) is 14.6. The van der Waals surface area contributed by atoms with E-state index in [-0.39, 0.29) is 11.8 Å². The molecule has 144 valence electrons. The van der Waals surface area contributed by atoms with Crippen LogP contribution in [0.1, 0.15) is 34.2 Å². The summed E-state index contributed by atoms with van der Waals surface area (Å²) in [5.74, 6) is -0.420. The molecular weight excluding hydrogens is 376 g/mol. The number of aryl methyl sites for hydroxylation is 1. The number of amides is 2. The highest BCUT2D eigenvalue weighted by Gasteiger charge is 2.19. The Kier molecular flexibility index (Phi) is 5.80. The summed E-state index contributed by atoms with van der Waals surface area (Å²) >= 11 is 6.24. The summed E-state index contributed by atoms with van der Waals surface area (Å²) in [5.41, 5.74) is 4.07. The molecule has 3 aromatic rings. The second-order valence-corrected chi connectivity index (χ2v) is 6.92. The van der Waals surface area contributed by atoms with Gasteiger partial charge in [-0.2, -0.15) is 5.10 Å². The maximum Gasteiger partial charge on any atom is 0.259 e. The fraction of sp³-hybridized carbons (Fsp3) is 0.190. The normalized spacial score (nSPS) is 10.6. The number of rotatable bonds is 5. The zero-order chi connectivity index (χ0) is 20.3. The second-order valence-electron chi connectivity index (χ2n) is 6.51. The molecule has 0 aliphatic rings. The van der Waals surface area contributed by atoms with E-state index in [9.17, 15) is 9.59 Å². The zero-order valence-electron chi connectivity index (χ0n) is 15.9. The van der Waals surface area contributed by atoms with Crippen molar-refractivity contribution in [2.45, 2.75) is 27.3 Å². The minimum atomic E-state index is -0.250. The molecule has 0 unspecified atom stereocenters. The summed E-state index contributed by atoms with van der Waals surface area (Å²) in [4.78, 5) is 24.1. The molecule has 2 amide bonds. The number of hydrogen-bond acceptors (Lipinski definition) is 3. The number of benzene rings is 2. The van der Waals surface area contributed by atoms with Crippen molar-refractivity contribution in [2.24, 2.45) is 0 Å². The number of carbonyl (C=O) groups excluding carboxylic acids is 2. The molecule has 1 aromatic heterocycles. The average Bonchev–Trinajstić information content (AvgIpc) is 2.90. The molecule has 0 fully saturated rings. The maximum absolute atomic E-state index is 12.8. The number of anilines is 2. The van der Waals surface area contributed by atoms with Gasteiger partial charge >= 0.3 is 0 Å². The van der Waals surface area contributed by atoms with Crippen molar-refractivity contribution in [3.63, 3.8) is 0 Å². The van der Waals surface area contributed by atoms with Gasteiger partial charge in [-0.15, -0.1) is 0 Å². The zero-order valence-corrected chi connectivity index (χ0v) is 16.7. The van der Waals surface area contributed by atoms with Crippen LogP contribution in [0.3, 0.4) is 0 Å². The Balaban J connectivity index is 1.82. The number of halogens is 1. The number of nitrogens with one attached hydrogen (secondary N) is 2. The average molecular weight is 397 g/mol. The van der Waals surface area contributed by atoms with Gasteiger partial charge in [0.2, 0.25) is 5.91 Å². The fourth-order valence-electron chi connectivity index (χ4n) is 3.04. The molecule has 2 aromatic carbocycles. The van der Waals surface area contributed by atoms with Crippen LogP contribution < -0.4 is 10.6 Å². The van der Waals surface area contributed by atoms with Gasteiger partial charge in [-0.1, -0.05) is 35.9 Å². The predicted molar refractivity (Wildman–Crippen MR) is 111 cm³/mol. The molecule has 0 spiro atoms. The molecule has 1 heterocycles. The van der Waals surface area contributed by atoms with Crippen LogP contribution in [0.25, 0.3) is 0 Å². The molecule has 6 nitrogen and oxygen atoms in total. The van der Waals surface area contributed by atoms with Crippen LogP contribution in [0, 0.1) is 13.8 Å². The Labute approximate surface area is 168 Å². The second kappa shape index (κ2) is 8.27. The van der Waals surface area contributed by atoms with Gasteiger partial charge in [0.15, 0.2) is 0 Å². The first-order valence-electron chi connectivity index (χ1n) is 8.81. The molecule has 0 saturated heterocycles. The van der Waals surface area contributed by atoms with Gasteiger partial charge in [0, 0.05) is 29.0 Å². The first kappa shape index (κ1) is 19.6. The topological polar surface area (TPSA) is 76.0 Å². The first-order valence-corrected chi connectivity index (χ1v) is 9.19. The lowest BCUT2D eigenvalue weighted by Crippen LogP contribution is -2.15. The van der Waals surface area contributed by atoms with Gasteiger partial charge in [0.1, 0.15) is 0 Å². The summed E-state index contributed by atoms with van der Waals surface area (Å²) in [6.07, 6.45) is 0. The van der Waals surface area contributed by atoms with Crippen molar-refractivity contribution >= 4 is 34.8 Å². The largest absolute Gasteiger partial charge is 0.326 e. The number of nitrogens with zero attached hydrogens (tertiary/aromatic N) is 2. The van der Waals surface area contributed by atoms with E-state index in [1.54, 1.807) is 35.9 Å². The van der Waals surface area contributed by atoms with Crippen molar-refractivity contribution in [3.05, 3.63) is 76.1 Å². The van der Waals surface area contributed by atoms with Crippen LogP contribution in [-0.2, 0) is 11.3 Å². The molecule has 3 rings (SSSR count). The van der Waals surface area contributed by atoms with Crippen molar-refractivity contribution in [2.75, 3.05) is 10.6 Å². The third kappa shape index (κ3) is 4.40. The lowest BCUT2D eigenvalue weighted by atomic mass is 10.1. The molecule has 28 heavy (non-hydrogen) atoms. The smallest absolute Gasteiger partial charge is 0.259 e. The Hall–Kier alpha value is -3.12.